The molecule has 1 heterocycles. The molecule has 1 aliphatic heterocycles. The molecular formula is C15H23NO3S. The van der Waals surface area contributed by atoms with Crippen LogP contribution in [0.5, 0.6) is 5.75 Å². The Morgan fingerprint density at radius 2 is 2.15 bits per heavy atom. The predicted molar refractivity (Wildman–Crippen MR) is 81.0 cm³/mol. The molecule has 1 aliphatic rings. The van der Waals surface area contributed by atoms with E-state index in [0.717, 1.165) is 18.6 Å². The molecule has 0 radical (unpaired) electrons. The summed E-state index contributed by atoms with van der Waals surface area (Å²) in [5.41, 5.74) is 1.24. The minimum absolute atomic E-state index is 0.0988. The van der Waals surface area contributed by atoms with Crippen LogP contribution in [0.1, 0.15) is 25.3 Å². The first-order valence-electron chi connectivity index (χ1n) is 7.18. The fourth-order valence-corrected chi connectivity index (χ4v) is 3.51. The Bertz CT molecular complexity index is 517. The molecule has 5 heteroatoms. The number of rotatable bonds is 7. The van der Waals surface area contributed by atoms with E-state index >= 15 is 0 Å². The van der Waals surface area contributed by atoms with E-state index in [-0.39, 0.29) is 23.7 Å². The van der Waals surface area contributed by atoms with Gasteiger partial charge in [0.2, 0.25) is 0 Å². The summed E-state index contributed by atoms with van der Waals surface area (Å²) in [6, 6.07) is 8.26. The van der Waals surface area contributed by atoms with Crippen LogP contribution in [0.2, 0.25) is 0 Å². The van der Waals surface area contributed by atoms with Gasteiger partial charge in [-0.1, -0.05) is 25.1 Å². The van der Waals surface area contributed by atoms with Gasteiger partial charge in [0.05, 0.1) is 5.75 Å². The second-order valence-electron chi connectivity index (χ2n) is 5.24. The van der Waals surface area contributed by atoms with Crippen molar-refractivity contribution in [3.05, 3.63) is 29.8 Å². The van der Waals surface area contributed by atoms with Gasteiger partial charge in [0.1, 0.15) is 21.7 Å². The first-order chi connectivity index (χ1) is 9.55. The van der Waals surface area contributed by atoms with Crippen LogP contribution in [0.4, 0.5) is 0 Å². The van der Waals surface area contributed by atoms with Gasteiger partial charge in [-0.15, -0.1) is 0 Å². The van der Waals surface area contributed by atoms with Crippen LogP contribution in [0, 0.1) is 0 Å². The molecule has 1 aromatic rings. The maximum Gasteiger partial charge on any atom is 0.150 e. The average Bonchev–Trinajstić information content (AvgIpc) is 2.87. The van der Waals surface area contributed by atoms with Gasteiger partial charge in [-0.2, -0.15) is 0 Å². The van der Waals surface area contributed by atoms with E-state index in [4.69, 9.17) is 4.74 Å². The van der Waals surface area contributed by atoms with Crippen molar-refractivity contribution in [1.82, 2.24) is 5.32 Å². The Kier molecular flexibility index (Phi) is 5.05. The third-order valence-corrected chi connectivity index (χ3v) is 5.69. The highest BCUT2D eigenvalue weighted by Gasteiger charge is 2.29. The molecule has 2 rings (SSSR count). The Morgan fingerprint density at radius 3 is 2.80 bits per heavy atom. The van der Waals surface area contributed by atoms with Crippen LogP contribution in [-0.2, 0) is 16.3 Å². The summed E-state index contributed by atoms with van der Waals surface area (Å²) in [6.07, 6.45) is 2.48. The van der Waals surface area contributed by atoms with Gasteiger partial charge in [0, 0.05) is 18.2 Å². The van der Waals surface area contributed by atoms with Gasteiger partial charge in [0.15, 0.2) is 0 Å². The van der Waals surface area contributed by atoms with Crippen molar-refractivity contribution in [1.29, 1.82) is 0 Å². The fraction of sp³-hybridized carbons (Fsp3) is 0.600. The first kappa shape index (κ1) is 15.3. The molecule has 0 saturated heterocycles. The molecule has 2 atom stereocenters. The second-order valence-corrected chi connectivity index (χ2v) is 7.71. The molecule has 1 N–H and O–H groups in total. The highest BCUT2D eigenvalue weighted by atomic mass is 32.2. The summed E-state index contributed by atoms with van der Waals surface area (Å²) >= 11 is 0. The van der Waals surface area contributed by atoms with E-state index in [1.165, 1.54) is 5.56 Å². The Morgan fingerprint density at radius 1 is 1.40 bits per heavy atom. The quantitative estimate of drug-likeness (QED) is 0.834. The third kappa shape index (κ3) is 3.73. The third-order valence-electron chi connectivity index (χ3n) is 3.90. The van der Waals surface area contributed by atoms with Crippen LogP contribution in [0.25, 0.3) is 0 Å². The SMILES string of the molecule is CCS(=O)(=O)CCCC(NC)C1Cc2ccccc2O1. The zero-order chi connectivity index (χ0) is 14.6. The van der Waals surface area contributed by atoms with E-state index in [9.17, 15) is 8.42 Å². The van der Waals surface area contributed by atoms with Crippen molar-refractivity contribution in [3.8, 4) is 5.75 Å². The van der Waals surface area contributed by atoms with Gasteiger partial charge >= 0.3 is 0 Å². The Labute approximate surface area is 121 Å². The van der Waals surface area contributed by atoms with Crippen LogP contribution >= 0.6 is 0 Å². The Balaban J connectivity index is 1.88. The molecular weight excluding hydrogens is 274 g/mol. The number of nitrogens with one attached hydrogen (secondary N) is 1. The summed E-state index contributed by atoms with van der Waals surface area (Å²) < 4.78 is 29.0. The zero-order valence-electron chi connectivity index (χ0n) is 12.1. The molecule has 4 nitrogen and oxygen atoms in total. The van der Waals surface area contributed by atoms with Crippen LogP contribution < -0.4 is 10.1 Å². The molecule has 0 aromatic heterocycles. The number of hydrogen-bond acceptors (Lipinski definition) is 4. The molecule has 0 aliphatic carbocycles. The number of fused-ring (bicyclic) bond motifs is 1. The molecule has 0 fully saturated rings. The fourth-order valence-electron chi connectivity index (χ4n) is 2.62. The largest absolute Gasteiger partial charge is 0.488 e. The van der Waals surface area contributed by atoms with E-state index in [1.807, 2.05) is 25.2 Å². The summed E-state index contributed by atoms with van der Waals surface area (Å²) in [7, 11) is -0.961. The predicted octanol–water partition coefficient (Wildman–Crippen LogP) is 1.79. The van der Waals surface area contributed by atoms with Crippen molar-refractivity contribution in [2.45, 2.75) is 38.3 Å². The highest BCUT2D eigenvalue weighted by molar-refractivity contribution is 7.91. The number of ether oxygens (including phenoxy) is 1. The maximum absolute atomic E-state index is 11.5. The highest BCUT2D eigenvalue weighted by Crippen LogP contribution is 2.30. The molecule has 0 spiro atoms. The van der Waals surface area contributed by atoms with Crippen LogP contribution in [0.15, 0.2) is 24.3 Å². The lowest BCUT2D eigenvalue weighted by Crippen LogP contribution is -2.40. The lowest BCUT2D eigenvalue weighted by atomic mass is 10.0. The maximum atomic E-state index is 11.5. The lowest BCUT2D eigenvalue weighted by molar-refractivity contribution is 0.176. The van der Waals surface area contributed by atoms with Crippen molar-refractivity contribution in [2.75, 3.05) is 18.6 Å². The monoisotopic (exact) mass is 297 g/mol. The smallest absolute Gasteiger partial charge is 0.150 e. The molecule has 2 unspecified atom stereocenters. The van der Waals surface area contributed by atoms with Crippen LogP contribution in [-0.4, -0.2) is 39.1 Å². The second kappa shape index (κ2) is 6.59. The topological polar surface area (TPSA) is 55.4 Å². The van der Waals surface area contributed by atoms with Gasteiger partial charge in [-0.3, -0.25) is 0 Å². The van der Waals surface area contributed by atoms with E-state index in [1.54, 1.807) is 6.92 Å². The summed E-state index contributed by atoms with van der Waals surface area (Å²) in [6.45, 7) is 1.70. The van der Waals surface area contributed by atoms with Gasteiger partial charge < -0.3 is 10.1 Å². The molecule has 1 aromatic carbocycles. The number of hydrogen-bond donors (Lipinski definition) is 1. The van der Waals surface area contributed by atoms with Crippen LogP contribution in [0.3, 0.4) is 0 Å². The van der Waals surface area contributed by atoms with E-state index in [2.05, 4.69) is 11.4 Å². The molecule has 112 valence electrons. The molecule has 0 amide bonds. The van der Waals surface area contributed by atoms with Gasteiger partial charge in [-0.05, 0) is 31.5 Å². The van der Waals surface area contributed by atoms with Crippen molar-refractivity contribution >= 4 is 9.84 Å². The lowest BCUT2D eigenvalue weighted by Gasteiger charge is -2.22. The summed E-state index contributed by atoms with van der Waals surface area (Å²) in [5, 5.41) is 3.26. The first-order valence-corrected chi connectivity index (χ1v) is 9.00. The van der Waals surface area contributed by atoms with Crippen molar-refractivity contribution in [2.24, 2.45) is 0 Å². The normalized spacial score (nSPS) is 19.4. The number of benzene rings is 1. The molecule has 20 heavy (non-hydrogen) atoms. The Hall–Kier alpha value is -1.07. The average molecular weight is 297 g/mol. The minimum Gasteiger partial charge on any atom is -0.488 e. The summed E-state index contributed by atoms with van der Waals surface area (Å²) in [4.78, 5) is 0. The van der Waals surface area contributed by atoms with Crippen molar-refractivity contribution in [3.63, 3.8) is 0 Å². The summed E-state index contributed by atoms with van der Waals surface area (Å²) in [5.74, 6) is 1.45. The molecule has 0 bridgehead atoms. The standard InChI is InChI=1S/C15H23NO3S/c1-3-20(17,18)10-6-8-13(16-2)15-11-12-7-4-5-9-14(12)19-15/h4-5,7,9,13,15-16H,3,6,8,10-11H2,1-2H3. The number of likely N-dealkylation sites (N-methyl/N-ethyl adjacent to an activating group) is 1. The number of para-hydroxylation sites is 1. The van der Waals surface area contributed by atoms with Crippen molar-refractivity contribution < 1.29 is 13.2 Å². The van der Waals surface area contributed by atoms with Gasteiger partial charge in [0.25, 0.3) is 0 Å². The molecule has 0 saturated carbocycles. The number of sulfone groups is 1. The van der Waals surface area contributed by atoms with E-state index < -0.39 is 9.84 Å². The van der Waals surface area contributed by atoms with E-state index in [0.29, 0.717) is 6.42 Å². The van der Waals surface area contributed by atoms with Gasteiger partial charge in [-0.25, -0.2) is 8.42 Å². The minimum atomic E-state index is -2.87. The zero-order valence-corrected chi connectivity index (χ0v) is 12.9.